The first kappa shape index (κ1) is 16.2. The lowest BCUT2D eigenvalue weighted by Gasteiger charge is -2.40. The lowest BCUT2D eigenvalue weighted by molar-refractivity contribution is -0.0730. The predicted molar refractivity (Wildman–Crippen MR) is 82.5 cm³/mol. The van der Waals surface area contributed by atoms with Crippen LogP contribution < -0.4 is 5.32 Å². The largest absolute Gasteiger partial charge is 0.373 e. The second-order valence-corrected chi connectivity index (χ2v) is 5.11. The summed E-state index contributed by atoms with van der Waals surface area (Å²) < 4.78 is 6.16. The molecule has 0 saturated carbocycles. The van der Waals surface area contributed by atoms with Crippen LogP contribution in [0.3, 0.4) is 0 Å². The molecule has 1 N–H and O–H groups in total. The summed E-state index contributed by atoms with van der Waals surface area (Å²) in [7, 11) is 0. The number of ether oxygens (including phenoxy) is 1. The van der Waals surface area contributed by atoms with Crippen molar-refractivity contribution in [3.8, 4) is 0 Å². The van der Waals surface area contributed by atoms with Crippen LogP contribution in [0.2, 0.25) is 0 Å². The molecule has 1 aromatic rings. The van der Waals surface area contributed by atoms with E-state index in [4.69, 9.17) is 4.74 Å². The topological polar surface area (TPSA) is 21.3 Å². The lowest BCUT2D eigenvalue weighted by Crippen LogP contribution is -2.45. The Labute approximate surface area is 118 Å². The van der Waals surface area contributed by atoms with Crippen molar-refractivity contribution in [2.24, 2.45) is 0 Å². The zero-order valence-electron chi connectivity index (χ0n) is 13.1. The minimum absolute atomic E-state index is 0.111. The van der Waals surface area contributed by atoms with Crippen molar-refractivity contribution in [1.29, 1.82) is 0 Å². The number of aryl methyl sites for hydroxylation is 1. The van der Waals surface area contributed by atoms with Gasteiger partial charge >= 0.3 is 0 Å². The Balaban J connectivity index is 3.12. The van der Waals surface area contributed by atoms with E-state index in [1.807, 2.05) is 0 Å². The number of hydrogen-bond acceptors (Lipinski definition) is 2. The first-order valence-electron chi connectivity index (χ1n) is 7.57. The van der Waals surface area contributed by atoms with Gasteiger partial charge in [0, 0.05) is 6.61 Å². The summed E-state index contributed by atoms with van der Waals surface area (Å²) in [5, 5.41) is 3.62. The number of rotatable bonds is 8. The minimum Gasteiger partial charge on any atom is -0.373 e. The third kappa shape index (κ3) is 3.80. The molecule has 0 aliphatic heterocycles. The average Bonchev–Trinajstić information content (AvgIpc) is 2.44. The monoisotopic (exact) mass is 263 g/mol. The maximum Gasteiger partial charge on any atom is 0.0870 e. The fraction of sp³-hybridized carbons (Fsp3) is 0.647. The summed E-state index contributed by atoms with van der Waals surface area (Å²) in [6.07, 6.45) is 2.03. The highest BCUT2D eigenvalue weighted by molar-refractivity contribution is 5.26. The molecule has 1 rings (SSSR count). The van der Waals surface area contributed by atoms with Gasteiger partial charge in [-0.2, -0.15) is 0 Å². The summed E-state index contributed by atoms with van der Waals surface area (Å²) in [6.45, 7) is 12.5. The van der Waals surface area contributed by atoms with Crippen LogP contribution >= 0.6 is 0 Å². The van der Waals surface area contributed by atoms with Crippen molar-refractivity contribution in [1.82, 2.24) is 5.32 Å². The smallest absolute Gasteiger partial charge is 0.0870 e. The van der Waals surface area contributed by atoms with E-state index in [0.29, 0.717) is 0 Å². The molecule has 0 heterocycles. The van der Waals surface area contributed by atoms with E-state index in [-0.39, 0.29) is 11.6 Å². The van der Waals surface area contributed by atoms with E-state index in [9.17, 15) is 0 Å². The van der Waals surface area contributed by atoms with Crippen molar-refractivity contribution in [2.45, 2.75) is 59.1 Å². The number of benzene rings is 1. The van der Waals surface area contributed by atoms with Gasteiger partial charge in [-0.3, -0.25) is 0 Å². The van der Waals surface area contributed by atoms with E-state index in [1.165, 1.54) is 11.1 Å². The first-order chi connectivity index (χ1) is 9.13. The van der Waals surface area contributed by atoms with Gasteiger partial charge in [-0.25, -0.2) is 0 Å². The third-order valence-electron chi connectivity index (χ3n) is 3.97. The molecule has 2 nitrogen and oxygen atoms in total. The molecule has 0 aromatic heterocycles. The zero-order chi connectivity index (χ0) is 14.3. The maximum atomic E-state index is 6.16. The first-order valence-corrected chi connectivity index (χ1v) is 7.57. The highest BCUT2D eigenvalue weighted by atomic mass is 16.5. The van der Waals surface area contributed by atoms with Crippen molar-refractivity contribution >= 4 is 0 Å². The van der Waals surface area contributed by atoms with E-state index in [0.717, 1.165) is 26.0 Å². The van der Waals surface area contributed by atoms with Crippen LogP contribution in [0.25, 0.3) is 0 Å². The summed E-state index contributed by atoms with van der Waals surface area (Å²) in [5.74, 6) is 0. The molecule has 0 amide bonds. The Bertz CT molecular complexity index is 354. The van der Waals surface area contributed by atoms with Gasteiger partial charge in [0.25, 0.3) is 0 Å². The summed E-state index contributed by atoms with van der Waals surface area (Å²) in [6, 6.07) is 9.07. The van der Waals surface area contributed by atoms with E-state index in [1.54, 1.807) is 0 Å². The molecule has 0 aliphatic rings. The van der Waals surface area contributed by atoms with Gasteiger partial charge in [0.1, 0.15) is 0 Å². The number of likely N-dealkylation sites (N-methyl/N-ethyl adjacent to an activating group) is 1. The third-order valence-corrected chi connectivity index (χ3v) is 3.97. The molecule has 1 aromatic carbocycles. The molecule has 0 radical (unpaired) electrons. The van der Waals surface area contributed by atoms with Crippen LogP contribution in [0.5, 0.6) is 0 Å². The van der Waals surface area contributed by atoms with Crippen LogP contribution in [0.4, 0.5) is 0 Å². The van der Waals surface area contributed by atoms with Gasteiger partial charge in [0.05, 0.1) is 11.6 Å². The molecule has 108 valence electrons. The molecule has 1 unspecified atom stereocenters. The van der Waals surface area contributed by atoms with Gasteiger partial charge < -0.3 is 10.1 Å². The van der Waals surface area contributed by atoms with Gasteiger partial charge in [0.2, 0.25) is 0 Å². The van der Waals surface area contributed by atoms with Crippen LogP contribution in [0.15, 0.2) is 24.3 Å². The quantitative estimate of drug-likeness (QED) is 0.757. The molecule has 0 bridgehead atoms. The second-order valence-electron chi connectivity index (χ2n) is 5.11. The lowest BCUT2D eigenvalue weighted by atomic mass is 9.83. The Morgan fingerprint density at radius 3 is 2.05 bits per heavy atom. The van der Waals surface area contributed by atoms with E-state index >= 15 is 0 Å². The van der Waals surface area contributed by atoms with Gasteiger partial charge in [-0.15, -0.1) is 0 Å². The molecular formula is C17H29NO. The van der Waals surface area contributed by atoms with Crippen LogP contribution in [0, 0.1) is 6.92 Å². The highest BCUT2D eigenvalue weighted by Gasteiger charge is 2.36. The predicted octanol–water partition coefficient (Wildman–Crippen LogP) is 4.24. The number of nitrogens with one attached hydrogen (secondary N) is 1. The van der Waals surface area contributed by atoms with Gasteiger partial charge in [-0.05, 0) is 38.8 Å². The molecule has 0 fully saturated rings. The zero-order valence-corrected chi connectivity index (χ0v) is 13.1. The average molecular weight is 263 g/mol. The minimum atomic E-state index is -0.111. The van der Waals surface area contributed by atoms with E-state index < -0.39 is 0 Å². The van der Waals surface area contributed by atoms with Crippen LogP contribution in [-0.4, -0.2) is 18.8 Å². The van der Waals surface area contributed by atoms with Crippen molar-refractivity contribution in [3.05, 3.63) is 35.4 Å². The summed E-state index contributed by atoms with van der Waals surface area (Å²) in [5.41, 5.74) is 2.51. The molecule has 1 atom stereocenters. The molecular weight excluding hydrogens is 234 g/mol. The molecule has 0 aliphatic carbocycles. The van der Waals surface area contributed by atoms with Crippen molar-refractivity contribution < 1.29 is 4.74 Å². The Kier molecular flexibility index (Phi) is 6.53. The summed E-state index contributed by atoms with van der Waals surface area (Å²) >= 11 is 0. The second kappa shape index (κ2) is 7.66. The fourth-order valence-corrected chi connectivity index (χ4v) is 2.80. The number of hydrogen-bond donors (Lipinski definition) is 1. The Morgan fingerprint density at radius 1 is 1.05 bits per heavy atom. The maximum absolute atomic E-state index is 6.16. The molecule has 0 spiro atoms. The SMILES string of the molecule is CCNC(c1ccc(C)cc1)C(CC)(CC)OCC. The van der Waals surface area contributed by atoms with Crippen LogP contribution in [-0.2, 0) is 4.74 Å². The van der Waals surface area contributed by atoms with Crippen molar-refractivity contribution in [3.63, 3.8) is 0 Å². The normalized spacial score (nSPS) is 13.5. The fourth-order valence-electron chi connectivity index (χ4n) is 2.80. The Hall–Kier alpha value is -0.860. The Morgan fingerprint density at radius 2 is 1.63 bits per heavy atom. The van der Waals surface area contributed by atoms with Gasteiger partial charge in [-0.1, -0.05) is 50.6 Å². The van der Waals surface area contributed by atoms with Crippen LogP contribution in [0.1, 0.15) is 57.7 Å². The van der Waals surface area contributed by atoms with Crippen molar-refractivity contribution in [2.75, 3.05) is 13.2 Å². The van der Waals surface area contributed by atoms with E-state index in [2.05, 4.69) is 64.2 Å². The summed E-state index contributed by atoms with van der Waals surface area (Å²) in [4.78, 5) is 0. The highest BCUT2D eigenvalue weighted by Crippen LogP contribution is 2.35. The molecule has 19 heavy (non-hydrogen) atoms. The standard InChI is InChI=1S/C17H29NO/c1-6-17(7-2,19-9-4)16(18-8-3)15-12-10-14(5)11-13-15/h10-13,16,18H,6-9H2,1-5H3. The van der Waals surface area contributed by atoms with Gasteiger partial charge in [0.15, 0.2) is 0 Å². The molecule has 2 heteroatoms. The molecule has 0 saturated heterocycles.